The van der Waals surface area contributed by atoms with Gasteiger partial charge < -0.3 is 24.0 Å². The van der Waals surface area contributed by atoms with Gasteiger partial charge in [-0.2, -0.15) is 0 Å². The van der Waals surface area contributed by atoms with Gasteiger partial charge in [0.15, 0.2) is 0 Å². The summed E-state index contributed by atoms with van der Waals surface area (Å²) in [6.45, 7) is 0.683. The van der Waals surface area contributed by atoms with E-state index in [9.17, 15) is 19.2 Å². The molecule has 9 nitrogen and oxygen atoms in total. The minimum Gasteiger partial charge on any atom is -0.497 e. The Morgan fingerprint density at radius 2 is 2.03 bits per heavy atom. The minimum absolute atomic E-state index is 0.0866. The highest BCUT2D eigenvalue weighted by molar-refractivity contribution is 8.04. The first-order valence-electron chi connectivity index (χ1n) is 9.76. The van der Waals surface area contributed by atoms with Crippen LogP contribution in [0.1, 0.15) is 12.8 Å². The maximum atomic E-state index is 12.4. The molecule has 0 aliphatic carbocycles. The fraction of sp³-hybridized carbons (Fsp3) is 0.429. The molecular weight excluding hydrogens is 424 g/mol. The van der Waals surface area contributed by atoms with Crippen LogP contribution in [0.25, 0.3) is 0 Å². The van der Waals surface area contributed by atoms with Crippen molar-refractivity contribution in [3.63, 3.8) is 0 Å². The van der Waals surface area contributed by atoms with Crippen molar-refractivity contribution in [2.24, 2.45) is 5.92 Å². The molecule has 2 amide bonds. The Kier molecular flexibility index (Phi) is 7.56. The van der Waals surface area contributed by atoms with Crippen molar-refractivity contribution in [1.29, 1.82) is 0 Å². The molecule has 1 unspecified atom stereocenters. The summed E-state index contributed by atoms with van der Waals surface area (Å²) in [5.41, 5.74) is 0.676. The molecule has 1 atom stereocenters. The summed E-state index contributed by atoms with van der Waals surface area (Å²) in [5.74, 6) is -0.878. The Balaban J connectivity index is 1.48. The number of methoxy groups -OCH3 is 2. The molecule has 31 heavy (non-hydrogen) atoms. The van der Waals surface area contributed by atoms with Crippen LogP contribution in [-0.4, -0.2) is 68.3 Å². The molecule has 2 saturated heterocycles. The third-order valence-electron chi connectivity index (χ3n) is 4.95. The molecule has 0 N–H and O–H groups in total. The topological polar surface area (TPSA) is 102 Å². The van der Waals surface area contributed by atoms with Crippen molar-refractivity contribution in [1.82, 2.24) is 4.90 Å². The Morgan fingerprint density at radius 1 is 1.23 bits per heavy atom. The second kappa shape index (κ2) is 10.3. The zero-order chi connectivity index (χ0) is 22.4. The van der Waals surface area contributed by atoms with Gasteiger partial charge in [0.05, 0.1) is 43.6 Å². The second-order valence-corrected chi connectivity index (χ2v) is 7.96. The highest BCUT2D eigenvalue weighted by atomic mass is 32.2. The van der Waals surface area contributed by atoms with E-state index in [1.807, 2.05) is 0 Å². The molecule has 1 aromatic rings. The van der Waals surface area contributed by atoms with E-state index in [1.165, 1.54) is 29.8 Å². The van der Waals surface area contributed by atoms with Crippen molar-refractivity contribution in [2.75, 3.05) is 44.6 Å². The smallest absolute Gasteiger partial charge is 0.333 e. The lowest BCUT2D eigenvalue weighted by molar-refractivity contribution is -0.148. The van der Waals surface area contributed by atoms with Gasteiger partial charge in [-0.3, -0.25) is 14.4 Å². The van der Waals surface area contributed by atoms with Crippen LogP contribution in [0.2, 0.25) is 0 Å². The second-order valence-electron chi connectivity index (χ2n) is 6.97. The first kappa shape index (κ1) is 22.7. The molecule has 0 aromatic heterocycles. The summed E-state index contributed by atoms with van der Waals surface area (Å²) >= 11 is 1.26. The quantitative estimate of drug-likeness (QED) is 0.336. The molecule has 2 aliphatic heterocycles. The number of esters is 2. The van der Waals surface area contributed by atoms with Gasteiger partial charge in [-0.05, 0) is 18.6 Å². The first-order chi connectivity index (χ1) is 14.9. The standard InChI is InChI=1S/C21H24N2O7S/c1-28-16-6-3-5-15(10-16)23-12-14(9-17(23)24)21(27)30-8-4-7-22-18(25)13-31-19(22)11-20(26)29-2/h3,5-6,10-11,14H,4,7-9,12-13H2,1-2H3/b19-11+. The SMILES string of the molecule is COC(=O)/C=C1/SCC(=O)N1CCCOC(=O)C1CC(=O)N(c2cccc(OC)c2)C1. The van der Waals surface area contributed by atoms with Crippen LogP contribution in [0.4, 0.5) is 5.69 Å². The molecule has 2 heterocycles. The van der Waals surface area contributed by atoms with Crippen LogP contribution in [0.5, 0.6) is 5.75 Å². The molecule has 10 heteroatoms. The van der Waals surface area contributed by atoms with Gasteiger partial charge in [-0.15, -0.1) is 0 Å². The summed E-state index contributed by atoms with van der Waals surface area (Å²) in [6.07, 6.45) is 1.78. The Labute approximate surface area is 184 Å². The van der Waals surface area contributed by atoms with Crippen molar-refractivity contribution in [3.8, 4) is 5.75 Å². The molecule has 2 aliphatic rings. The summed E-state index contributed by atoms with van der Waals surface area (Å²) < 4.78 is 15.1. The zero-order valence-corrected chi connectivity index (χ0v) is 18.2. The van der Waals surface area contributed by atoms with E-state index < -0.39 is 17.9 Å². The van der Waals surface area contributed by atoms with Crippen molar-refractivity contribution < 1.29 is 33.4 Å². The number of thioether (sulfide) groups is 1. The number of rotatable bonds is 8. The number of amides is 2. The summed E-state index contributed by atoms with van der Waals surface area (Å²) in [4.78, 5) is 51.2. The average molecular weight is 448 g/mol. The molecule has 2 fully saturated rings. The van der Waals surface area contributed by atoms with Crippen molar-refractivity contribution in [3.05, 3.63) is 35.4 Å². The predicted octanol–water partition coefficient (Wildman–Crippen LogP) is 1.57. The third-order valence-corrected chi connectivity index (χ3v) is 5.97. The van der Waals surface area contributed by atoms with Crippen LogP contribution >= 0.6 is 11.8 Å². The summed E-state index contributed by atoms with van der Waals surface area (Å²) in [6, 6.07) is 7.11. The molecule has 3 rings (SSSR count). The number of ether oxygens (including phenoxy) is 3. The highest BCUT2D eigenvalue weighted by Gasteiger charge is 2.36. The maximum Gasteiger partial charge on any atom is 0.333 e. The van der Waals surface area contributed by atoms with Crippen LogP contribution in [0.15, 0.2) is 35.4 Å². The van der Waals surface area contributed by atoms with Crippen molar-refractivity contribution >= 4 is 41.2 Å². The fourth-order valence-electron chi connectivity index (χ4n) is 3.34. The van der Waals surface area contributed by atoms with Crippen molar-refractivity contribution in [2.45, 2.75) is 12.8 Å². The Morgan fingerprint density at radius 3 is 2.77 bits per heavy atom. The van der Waals surface area contributed by atoms with Crippen LogP contribution in [0.3, 0.4) is 0 Å². The van der Waals surface area contributed by atoms with E-state index in [2.05, 4.69) is 4.74 Å². The monoisotopic (exact) mass is 448 g/mol. The van der Waals surface area contributed by atoms with Gasteiger partial charge in [0.2, 0.25) is 11.8 Å². The molecule has 0 spiro atoms. The van der Waals surface area contributed by atoms with Crippen LogP contribution in [0, 0.1) is 5.92 Å². The Bertz CT molecular complexity index is 901. The lowest BCUT2D eigenvalue weighted by Crippen LogP contribution is -2.28. The maximum absolute atomic E-state index is 12.4. The van der Waals surface area contributed by atoms with Gasteiger partial charge >= 0.3 is 11.9 Å². The lowest BCUT2D eigenvalue weighted by atomic mass is 10.1. The molecule has 0 radical (unpaired) electrons. The first-order valence-corrected chi connectivity index (χ1v) is 10.8. The molecule has 0 bridgehead atoms. The molecular formula is C21H24N2O7S. The molecule has 0 saturated carbocycles. The summed E-state index contributed by atoms with van der Waals surface area (Å²) in [5, 5.41) is 0.526. The number of hydrogen-bond acceptors (Lipinski definition) is 8. The number of benzene rings is 1. The van der Waals surface area contributed by atoms with Gasteiger partial charge in [-0.25, -0.2) is 4.79 Å². The van der Waals surface area contributed by atoms with E-state index in [0.29, 0.717) is 29.4 Å². The van der Waals surface area contributed by atoms with E-state index in [1.54, 1.807) is 36.3 Å². The number of nitrogens with zero attached hydrogens (tertiary/aromatic N) is 2. The highest BCUT2D eigenvalue weighted by Crippen LogP contribution is 2.30. The Hall–Kier alpha value is -3.01. The van der Waals surface area contributed by atoms with E-state index in [0.717, 1.165) is 0 Å². The van der Waals surface area contributed by atoms with Crippen LogP contribution < -0.4 is 9.64 Å². The average Bonchev–Trinajstić information content (AvgIpc) is 3.33. The van der Waals surface area contributed by atoms with Gasteiger partial charge in [0, 0.05) is 31.3 Å². The van der Waals surface area contributed by atoms with Gasteiger partial charge in [0.25, 0.3) is 0 Å². The normalized spacial score (nSPS) is 19.8. The molecule has 1 aromatic carbocycles. The van der Waals surface area contributed by atoms with Gasteiger partial charge in [-0.1, -0.05) is 17.8 Å². The number of carbonyl (C=O) groups excluding carboxylic acids is 4. The molecule has 166 valence electrons. The third kappa shape index (κ3) is 5.57. The van der Waals surface area contributed by atoms with Crippen LogP contribution in [-0.2, 0) is 28.7 Å². The van der Waals surface area contributed by atoms with Gasteiger partial charge in [0.1, 0.15) is 5.75 Å². The zero-order valence-electron chi connectivity index (χ0n) is 17.4. The largest absolute Gasteiger partial charge is 0.497 e. The lowest BCUT2D eigenvalue weighted by Gasteiger charge is -2.18. The van der Waals surface area contributed by atoms with E-state index in [-0.39, 0.29) is 37.1 Å². The fourth-order valence-corrected chi connectivity index (χ4v) is 4.29. The van der Waals surface area contributed by atoms with E-state index >= 15 is 0 Å². The van der Waals surface area contributed by atoms with E-state index in [4.69, 9.17) is 9.47 Å². The summed E-state index contributed by atoms with van der Waals surface area (Å²) in [7, 11) is 2.82. The number of hydrogen-bond donors (Lipinski definition) is 0. The number of anilines is 1. The number of carbonyl (C=O) groups is 4. The minimum atomic E-state index is -0.544. The predicted molar refractivity (Wildman–Crippen MR) is 113 cm³/mol.